The Morgan fingerprint density at radius 1 is 1.09 bits per heavy atom. The molecule has 1 amide bonds. The van der Waals surface area contributed by atoms with E-state index >= 15 is 0 Å². The minimum atomic E-state index is -0.537. The number of alkyl carbamates (subject to hydrolysis) is 1. The molecule has 0 saturated carbocycles. The molecule has 0 spiro atoms. The van der Waals surface area contributed by atoms with E-state index < -0.39 is 17.2 Å². The molecule has 0 aliphatic carbocycles. The fourth-order valence-corrected chi connectivity index (χ4v) is 3.68. The molecule has 1 aromatic carbocycles. The number of nitrogens with one attached hydrogen (secondary N) is 3. The Labute approximate surface area is 192 Å². The third-order valence-corrected chi connectivity index (χ3v) is 5.51. The van der Waals surface area contributed by atoms with Gasteiger partial charge in [-0.25, -0.2) is 4.79 Å². The number of ether oxygens (including phenoxy) is 3. The molecule has 1 fully saturated rings. The van der Waals surface area contributed by atoms with E-state index in [0.717, 1.165) is 38.3 Å². The number of methoxy groups -OCH3 is 1. The molecule has 1 aromatic rings. The van der Waals surface area contributed by atoms with Gasteiger partial charge in [0.2, 0.25) is 0 Å². The van der Waals surface area contributed by atoms with Crippen LogP contribution in [-0.4, -0.2) is 63.7 Å². The van der Waals surface area contributed by atoms with Gasteiger partial charge < -0.3 is 30.2 Å². The molecule has 1 saturated heterocycles. The lowest BCUT2D eigenvalue weighted by Crippen LogP contribution is -2.55. The second-order valence-electron chi connectivity index (χ2n) is 9.91. The number of hydrogen-bond acceptors (Lipinski definition) is 5. The third-order valence-electron chi connectivity index (χ3n) is 5.51. The van der Waals surface area contributed by atoms with Gasteiger partial charge in [0.25, 0.3) is 0 Å². The summed E-state index contributed by atoms with van der Waals surface area (Å²) in [6.07, 6.45) is 1.41. The number of hydrogen-bond donors (Lipinski definition) is 3. The fourth-order valence-electron chi connectivity index (χ4n) is 3.68. The van der Waals surface area contributed by atoms with Crippen LogP contribution in [0.5, 0.6) is 5.75 Å². The van der Waals surface area contributed by atoms with E-state index in [-0.39, 0.29) is 5.41 Å². The van der Waals surface area contributed by atoms with Gasteiger partial charge in [-0.2, -0.15) is 0 Å². The Bertz CT molecular complexity index is 763. The van der Waals surface area contributed by atoms with Crippen molar-refractivity contribution in [1.29, 1.82) is 0 Å². The van der Waals surface area contributed by atoms with Crippen LogP contribution in [0.3, 0.4) is 0 Å². The summed E-state index contributed by atoms with van der Waals surface area (Å²) >= 11 is 0. The third kappa shape index (κ3) is 7.89. The van der Waals surface area contributed by atoms with E-state index in [1.54, 1.807) is 14.2 Å². The monoisotopic (exact) mass is 448 g/mol. The van der Waals surface area contributed by atoms with Gasteiger partial charge in [-0.05, 0) is 65.2 Å². The normalized spacial score (nSPS) is 16.8. The molecule has 1 heterocycles. The Balaban J connectivity index is 1.98. The predicted molar refractivity (Wildman–Crippen MR) is 128 cm³/mol. The lowest BCUT2D eigenvalue weighted by Gasteiger charge is -2.38. The van der Waals surface area contributed by atoms with Crippen molar-refractivity contribution in [3.63, 3.8) is 0 Å². The van der Waals surface area contributed by atoms with Crippen LogP contribution in [0.25, 0.3) is 0 Å². The summed E-state index contributed by atoms with van der Waals surface area (Å²) in [6, 6.07) is 8.28. The maximum Gasteiger partial charge on any atom is 0.408 e. The average molecular weight is 449 g/mol. The van der Waals surface area contributed by atoms with Crippen molar-refractivity contribution in [2.75, 3.05) is 40.5 Å². The number of carbonyl (C=O) groups excluding carboxylic acids is 1. The number of amides is 1. The zero-order chi connectivity index (χ0) is 23.8. The highest BCUT2D eigenvalue weighted by molar-refractivity contribution is 5.80. The van der Waals surface area contributed by atoms with Crippen LogP contribution in [0.2, 0.25) is 0 Å². The average Bonchev–Trinajstić information content (AvgIpc) is 2.72. The highest BCUT2D eigenvalue weighted by Gasteiger charge is 2.35. The molecule has 0 radical (unpaired) electrons. The summed E-state index contributed by atoms with van der Waals surface area (Å²) in [6.45, 7) is 12.1. The molecular formula is C24H40N4O4. The topological polar surface area (TPSA) is 93.2 Å². The van der Waals surface area contributed by atoms with Crippen LogP contribution in [0.15, 0.2) is 29.3 Å². The molecule has 32 heavy (non-hydrogen) atoms. The molecule has 0 bridgehead atoms. The zero-order valence-electron chi connectivity index (χ0n) is 20.6. The highest BCUT2D eigenvalue weighted by atomic mass is 16.6. The molecule has 1 aliphatic heterocycles. The number of benzene rings is 1. The van der Waals surface area contributed by atoms with Gasteiger partial charge in [-0.15, -0.1) is 0 Å². The summed E-state index contributed by atoms with van der Waals surface area (Å²) in [5.41, 5.74) is 0.153. The molecule has 180 valence electrons. The van der Waals surface area contributed by atoms with E-state index in [9.17, 15) is 4.79 Å². The number of aliphatic imine (C=N–C) groups is 1. The van der Waals surface area contributed by atoms with Crippen molar-refractivity contribution in [1.82, 2.24) is 16.0 Å². The first-order valence-electron chi connectivity index (χ1n) is 11.2. The van der Waals surface area contributed by atoms with Crippen molar-refractivity contribution in [3.8, 4) is 5.75 Å². The second kappa shape index (κ2) is 10.9. The van der Waals surface area contributed by atoms with Crippen LogP contribution in [-0.2, 0) is 14.9 Å². The summed E-state index contributed by atoms with van der Waals surface area (Å²) in [5.74, 6) is 1.53. The van der Waals surface area contributed by atoms with Gasteiger partial charge in [-0.3, -0.25) is 4.99 Å². The minimum absolute atomic E-state index is 0.0492. The van der Waals surface area contributed by atoms with Gasteiger partial charge >= 0.3 is 6.09 Å². The van der Waals surface area contributed by atoms with Gasteiger partial charge in [0.1, 0.15) is 11.4 Å². The zero-order valence-corrected chi connectivity index (χ0v) is 20.6. The van der Waals surface area contributed by atoms with Gasteiger partial charge in [0.05, 0.1) is 12.6 Å². The summed E-state index contributed by atoms with van der Waals surface area (Å²) in [7, 11) is 3.42. The molecule has 0 unspecified atom stereocenters. The molecule has 8 heteroatoms. The van der Waals surface area contributed by atoms with E-state index in [4.69, 9.17) is 14.2 Å². The van der Waals surface area contributed by atoms with Crippen LogP contribution in [0.1, 0.15) is 53.0 Å². The molecule has 0 aromatic heterocycles. The van der Waals surface area contributed by atoms with Gasteiger partial charge in [0.15, 0.2) is 5.96 Å². The van der Waals surface area contributed by atoms with Crippen molar-refractivity contribution in [2.24, 2.45) is 4.99 Å². The summed E-state index contributed by atoms with van der Waals surface area (Å²) in [5, 5.41) is 9.71. The molecular weight excluding hydrogens is 408 g/mol. The van der Waals surface area contributed by atoms with Crippen LogP contribution >= 0.6 is 0 Å². The molecule has 1 aliphatic rings. The first-order chi connectivity index (χ1) is 15.0. The molecule has 3 N–H and O–H groups in total. The summed E-state index contributed by atoms with van der Waals surface area (Å²) < 4.78 is 16.3. The largest absolute Gasteiger partial charge is 0.497 e. The van der Waals surface area contributed by atoms with Crippen molar-refractivity contribution in [3.05, 3.63) is 29.8 Å². The van der Waals surface area contributed by atoms with E-state index in [1.807, 2.05) is 46.8 Å². The maximum atomic E-state index is 12.1. The number of guanidine groups is 1. The fraction of sp³-hybridized carbons (Fsp3) is 0.667. The number of carbonyl (C=O) groups is 1. The van der Waals surface area contributed by atoms with Gasteiger partial charge in [0, 0.05) is 38.8 Å². The SMILES string of the molecule is CN=C(NCC(C)(C)NC(=O)OC(C)(C)C)NCC1(c2ccc(OC)cc2)CCOCC1. The predicted octanol–water partition coefficient (Wildman–Crippen LogP) is 3.21. The van der Waals surface area contributed by atoms with Crippen LogP contribution < -0.4 is 20.7 Å². The molecule has 2 rings (SSSR count). The highest BCUT2D eigenvalue weighted by Crippen LogP contribution is 2.35. The Morgan fingerprint density at radius 3 is 2.25 bits per heavy atom. The quantitative estimate of drug-likeness (QED) is 0.438. The number of rotatable bonds is 7. The van der Waals surface area contributed by atoms with Crippen molar-refractivity contribution >= 4 is 12.1 Å². The number of nitrogens with zero attached hydrogens (tertiary/aromatic N) is 1. The maximum absolute atomic E-state index is 12.1. The second-order valence-corrected chi connectivity index (χ2v) is 9.91. The lowest BCUT2D eigenvalue weighted by atomic mass is 9.74. The van der Waals surface area contributed by atoms with Crippen LogP contribution in [0.4, 0.5) is 4.79 Å². The minimum Gasteiger partial charge on any atom is -0.497 e. The standard InChI is InChI=1S/C24H40N4O4/c1-22(2,3)32-21(29)28-23(4,5)16-26-20(25-6)27-17-24(12-14-31-15-13-24)18-8-10-19(30-7)11-9-18/h8-11H,12-17H2,1-7H3,(H,28,29)(H2,25,26,27). The smallest absolute Gasteiger partial charge is 0.408 e. The Kier molecular flexibility index (Phi) is 8.78. The van der Waals surface area contributed by atoms with E-state index in [1.165, 1.54) is 5.56 Å². The van der Waals surface area contributed by atoms with Crippen LogP contribution in [0, 0.1) is 0 Å². The van der Waals surface area contributed by atoms with Crippen molar-refractivity contribution in [2.45, 2.75) is 64.0 Å². The Hall–Kier alpha value is -2.48. The molecule has 8 nitrogen and oxygen atoms in total. The Morgan fingerprint density at radius 2 is 1.72 bits per heavy atom. The lowest BCUT2D eigenvalue weighted by molar-refractivity contribution is 0.0474. The first kappa shape index (κ1) is 25.8. The van der Waals surface area contributed by atoms with Gasteiger partial charge in [-0.1, -0.05) is 12.1 Å². The molecule has 0 atom stereocenters. The summed E-state index contributed by atoms with van der Waals surface area (Å²) in [4.78, 5) is 16.5. The van der Waals surface area contributed by atoms with E-state index in [2.05, 4.69) is 33.1 Å². The first-order valence-corrected chi connectivity index (χ1v) is 11.2. The van der Waals surface area contributed by atoms with E-state index in [0.29, 0.717) is 12.5 Å². The van der Waals surface area contributed by atoms with Crippen molar-refractivity contribution < 1.29 is 19.0 Å².